The summed E-state index contributed by atoms with van der Waals surface area (Å²) in [5.74, 6) is 0. The summed E-state index contributed by atoms with van der Waals surface area (Å²) in [6.45, 7) is 2.04. The van der Waals surface area contributed by atoms with Gasteiger partial charge in [0.1, 0.15) is 0 Å². The van der Waals surface area contributed by atoms with Crippen molar-refractivity contribution >= 4 is 17.3 Å². The van der Waals surface area contributed by atoms with Gasteiger partial charge in [-0.3, -0.25) is 0 Å². The lowest BCUT2D eigenvalue weighted by Crippen LogP contribution is -1.86. The van der Waals surface area contributed by atoms with Gasteiger partial charge in [0, 0.05) is 5.69 Å². The van der Waals surface area contributed by atoms with Gasteiger partial charge in [0.2, 0.25) is 0 Å². The quantitative estimate of drug-likeness (QED) is 0.490. The third-order valence-corrected chi connectivity index (χ3v) is 2.73. The van der Waals surface area contributed by atoms with Crippen LogP contribution in [0.25, 0.3) is 11.6 Å². The third-order valence-electron chi connectivity index (χ3n) is 2.73. The Bertz CT molecular complexity index is 599. The van der Waals surface area contributed by atoms with Crippen molar-refractivity contribution in [3.63, 3.8) is 0 Å². The van der Waals surface area contributed by atoms with E-state index in [4.69, 9.17) is 5.73 Å². The highest BCUT2D eigenvalue weighted by atomic mass is 14.5. The van der Waals surface area contributed by atoms with Gasteiger partial charge in [0.05, 0.1) is 11.6 Å². The Hall–Kier alpha value is -2.53. The second kappa shape index (κ2) is 5.20. The van der Waals surface area contributed by atoms with Crippen LogP contribution in [-0.2, 0) is 0 Å². The van der Waals surface area contributed by atoms with Crippen LogP contribution in [-0.4, -0.2) is 0 Å². The van der Waals surface area contributed by atoms with Crippen molar-refractivity contribution in [2.45, 2.75) is 6.92 Å². The van der Waals surface area contributed by atoms with Crippen LogP contribution in [0, 0.1) is 18.3 Å². The Labute approximate surface area is 107 Å². The van der Waals surface area contributed by atoms with Gasteiger partial charge in [0.25, 0.3) is 0 Å². The van der Waals surface area contributed by atoms with Crippen molar-refractivity contribution in [3.8, 4) is 6.07 Å². The molecule has 0 bridgehead atoms. The van der Waals surface area contributed by atoms with Crippen molar-refractivity contribution in [2.75, 3.05) is 5.73 Å². The number of rotatable bonds is 2. The van der Waals surface area contributed by atoms with E-state index in [1.165, 1.54) is 5.56 Å². The predicted molar refractivity (Wildman–Crippen MR) is 75.5 cm³/mol. The topological polar surface area (TPSA) is 49.8 Å². The molecular weight excluding hydrogens is 220 g/mol. The summed E-state index contributed by atoms with van der Waals surface area (Å²) < 4.78 is 0. The molecule has 2 aromatic rings. The van der Waals surface area contributed by atoms with Crippen LogP contribution in [0.4, 0.5) is 5.69 Å². The molecular formula is C16H14N2. The molecule has 0 radical (unpaired) electrons. The molecule has 0 saturated heterocycles. The number of allylic oxidation sites excluding steroid dienone is 1. The molecule has 0 unspecified atom stereocenters. The fourth-order valence-electron chi connectivity index (χ4n) is 1.67. The average molecular weight is 234 g/mol. The SMILES string of the molecule is Cc1ccc(/C=C(\C#N)c2ccc(N)cc2)cc1. The number of nitrogens with two attached hydrogens (primary N) is 1. The second-order valence-corrected chi connectivity index (χ2v) is 4.20. The van der Waals surface area contributed by atoms with E-state index < -0.39 is 0 Å². The Morgan fingerprint density at radius 3 is 2.22 bits per heavy atom. The monoisotopic (exact) mass is 234 g/mol. The maximum Gasteiger partial charge on any atom is 0.0998 e. The zero-order chi connectivity index (χ0) is 13.0. The van der Waals surface area contributed by atoms with Gasteiger partial charge in [-0.05, 0) is 36.3 Å². The lowest BCUT2D eigenvalue weighted by molar-refractivity contribution is 1.46. The Morgan fingerprint density at radius 2 is 1.67 bits per heavy atom. The van der Waals surface area contributed by atoms with Gasteiger partial charge in [-0.25, -0.2) is 0 Å². The minimum atomic E-state index is 0.638. The van der Waals surface area contributed by atoms with E-state index in [-0.39, 0.29) is 0 Å². The first-order valence-corrected chi connectivity index (χ1v) is 5.73. The van der Waals surface area contributed by atoms with Crippen LogP contribution in [0.5, 0.6) is 0 Å². The maximum atomic E-state index is 9.22. The predicted octanol–water partition coefficient (Wildman–Crippen LogP) is 3.64. The number of nitriles is 1. The van der Waals surface area contributed by atoms with Gasteiger partial charge >= 0.3 is 0 Å². The highest BCUT2D eigenvalue weighted by molar-refractivity contribution is 5.89. The van der Waals surface area contributed by atoms with E-state index in [0.717, 1.165) is 11.1 Å². The highest BCUT2D eigenvalue weighted by Crippen LogP contribution is 2.19. The summed E-state index contributed by atoms with van der Waals surface area (Å²) in [5, 5.41) is 9.22. The standard InChI is InChI=1S/C16H14N2/c1-12-2-4-13(5-3-12)10-15(11-17)14-6-8-16(18)9-7-14/h2-10H,18H2,1H3/b15-10+. The van der Waals surface area contributed by atoms with E-state index in [9.17, 15) is 5.26 Å². The number of aryl methyl sites for hydroxylation is 1. The molecule has 2 N–H and O–H groups in total. The number of hydrogen-bond acceptors (Lipinski definition) is 2. The van der Waals surface area contributed by atoms with Gasteiger partial charge in [-0.2, -0.15) is 5.26 Å². The Morgan fingerprint density at radius 1 is 1.06 bits per heavy atom. The number of hydrogen-bond donors (Lipinski definition) is 1. The van der Waals surface area contributed by atoms with Crippen LogP contribution >= 0.6 is 0 Å². The minimum Gasteiger partial charge on any atom is -0.399 e. The lowest BCUT2D eigenvalue weighted by Gasteiger charge is -2.01. The van der Waals surface area contributed by atoms with E-state index in [0.29, 0.717) is 11.3 Å². The summed E-state index contributed by atoms with van der Waals surface area (Å²) in [5.41, 5.74) is 10.1. The number of anilines is 1. The number of nitrogens with zero attached hydrogens (tertiary/aromatic N) is 1. The first-order valence-electron chi connectivity index (χ1n) is 5.73. The van der Waals surface area contributed by atoms with E-state index >= 15 is 0 Å². The average Bonchev–Trinajstić information content (AvgIpc) is 2.39. The smallest absolute Gasteiger partial charge is 0.0998 e. The summed E-state index contributed by atoms with van der Waals surface area (Å²) in [4.78, 5) is 0. The molecule has 2 nitrogen and oxygen atoms in total. The number of benzene rings is 2. The van der Waals surface area contributed by atoms with E-state index in [1.54, 1.807) is 12.1 Å². The zero-order valence-corrected chi connectivity index (χ0v) is 10.2. The minimum absolute atomic E-state index is 0.638. The molecule has 0 amide bonds. The van der Waals surface area contributed by atoms with Crippen molar-refractivity contribution < 1.29 is 0 Å². The van der Waals surface area contributed by atoms with Crippen LogP contribution in [0.2, 0.25) is 0 Å². The molecule has 0 fully saturated rings. The molecule has 0 saturated carbocycles. The molecule has 18 heavy (non-hydrogen) atoms. The lowest BCUT2D eigenvalue weighted by atomic mass is 10.0. The molecule has 0 aromatic heterocycles. The van der Waals surface area contributed by atoms with E-state index in [1.807, 2.05) is 49.4 Å². The van der Waals surface area contributed by atoms with Gasteiger partial charge in [-0.1, -0.05) is 42.0 Å². The number of nitrogen functional groups attached to an aromatic ring is 1. The maximum absolute atomic E-state index is 9.22. The van der Waals surface area contributed by atoms with Crippen molar-refractivity contribution in [3.05, 3.63) is 65.2 Å². The normalized spacial score (nSPS) is 11.0. The summed E-state index contributed by atoms with van der Waals surface area (Å²) in [6, 6.07) is 17.6. The molecule has 0 aliphatic carbocycles. The van der Waals surface area contributed by atoms with Gasteiger partial charge in [-0.15, -0.1) is 0 Å². The summed E-state index contributed by atoms with van der Waals surface area (Å²) in [7, 11) is 0. The van der Waals surface area contributed by atoms with Crippen LogP contribution in [0.1, 0.15) is 16.7 Å². The van der Waals surface area contributed by atoms with Gasteiger partial charge < -0.3 is 5.73 Å². The van der Waals surface area contributed by atoms with Crippen LogP contribution < -0.4 is 5.73 Å². The van der Waals surface area contributed by atoms with Crippen molar-refractivity contribution in [1.82, 2.24) is 0 Å². The summed E-state index contributed by atoms with van der Waals surface area (Å²) in [6.07, 6.45) is 1.88. The summed E-state index contributed by atoms with van der Waals surface area (Å²) >= 11 is 0. The molecule has 0 aliphatic heterocycles. The Kier molecular flexibility index (Phi) is 3.45. The zero-order valence-electron chi connectivity index (χ0n) is 10.2. The molecule has 0 heterocycles. The first kappa shape index (κ1) is 11.9. The molecule has 2 heteroatoms. The Balaban J connectivity index is 2.37. The molecule has 0 atom stereocenters. The fourth-order valence-corrected chi connectivity index (χ4v) is 1.67. The first-order chi connectivity index (χ1) is 8.69. The molecule has 88 valence electrons. The second-order valence-electron chi connectivity index (χ2n) is 4.20. The third kappa shape index (κ3) is 2.78. The molecule has 0 spiro atoms. The highest BCUT2D eigenvalue weighted by Gasteiger charge is 2.00. The molecule has 2 rings (SSSR count). The van der Waals surface area contributed by atoms with E-state index in [2.05, 4.69) is 6.07 Å². The van der Waals surface area contributed by atoms with Crippen molar-refractivity contribution in [2.24, 2.45) is 0 Å². The fraction of sp³-hybridized carbons (Fsp3) is 0.0625. The van der Waals surface area contributed by atoms with Gasteiger partial charge in [0.15, 0.2) is 0 Å². The van der Waals surface area contributed by atoms with Crippen LogP contribution in [0.15, 0.2) is 48.5 Å². The molecule has 2 aromatic carbocycles. The van der Waals surface area contributed by atoms with Crippen LogP contribution in [0.3, 0.4) is 0 Å². The molecule has 0 aliphatic rings. The largest absolute Gasteiger partial charge is 0.399 e. The van der Waals surface area contributed by atoms with Crippen molar-refractivity contribution in [1.29, 1.82) is 5.26 Å².